The van der Waals surface area contributed by atoms with Gasteiger partial charge in [-0.1, -0.05) is 41.4 Å². The predicted molar refractivity (Wildman–Crippen MR) is 125 cm³/mol. The molecule has 32 heavy (non-hydrogen) atoms. The number of benzene rings is 2. The van der Waals surface area contributed by atoms with Crippen molar-refractivity contribution >= 4 is 45.4 Å². The molecule has 10 heteroatoms. The Morgan fingerprint density at radius 3 is 2.69 bits per heavy atom. The average molecular weight is 489 g/mol. The fourth-order valence-electron chi connectivity index (χ4n) is 3.09. The molecule has 4 rings (SSSR count). The minimum atomic E-state index is -0.379. The monoisotopic (exact) mass is 488 g/mol. The number of hydrogen-bond acceptors (Lipinski definition) is 6. The van der Waals surface area contributed by atoms with E-state index in [9.17, 15) is 9.59 Å². The first-order valence-corrected chi connectivity index (χ1v) is 11.3. The van der Waals surface area contributed by atoms with E-state index < -0.39 is 0 Å². The summed E-state index contributed by atoms with van der Waals surface area (Å²) in [6.45, 7) is 0.278. The van der Waals surface area contributed by atoms with Crippen molar-refractivity contribution < 1.29 is 9.53 Å². The largest absolute Gasteiger partial charge is 0.497 e. The van der Waals surface area contributed by atoms with Crippen LogP contribution in [0.2, 0.25) is 10.0 Å². The summed E-state index contributed by atoms with van der Waals surface area (Å²) in [5.74, 6) is 0.533. The van der Waals surface area contributed by atoms with Gasteiger partial charge in [-0.05, 0) is 35.4 Å². The van der Waals surface area contributed by atoms with Gasteiger partial charge in [-0.15, -0.1) is 11.3 Å². The van der Waals surface area contributed by atoms with Gasteiger partial charge in [0, 0.05) is 28.4 Å². The molecule has 0 aliphatic heterocycles. The van der Waals surface area contributed by atoms with Crippen molar-refractivity contribution in [3.8, 4) is 5.75 Å². The molecule has 2 aromatic carbocycles. The molecule has 0 bridgehead atoms. The van der Waals surface area contributed by atoms with Crippen LogP contribution in [0.3, 0.4) is 0 Å². The summed E-state index contributed by atoms with van der Waals surface area (Å²) in [6, 6.07) is 12.5. The van der Waals surface area contributed by atoms with Crippen molar-refractivity contribution in [2.45, 2.75) is 19.4 Å². The molecule has 0 atom stereocenters. The first kappa shape index (κ1) is 22.3. The van der Waals surface area contributed by atoms with Gasteiger partial charge in [0.1, 0.15) is 11.4 Å². The highest BCUT2D eigenvalue weighted by atomic mass is 35.5. The topological polar surface area (TPSA) is 85.6 Å². The van der Waals surface area contributed by atoms with Crippen LogP contribution in [0.1, 0.15) is 22.5 Å². The standard InChI is InChI=1S/C22H18Cl2N4O3S/c1-31-17-6-2-13(3-7-17)8-19-21(30)26-22-28(27-19)16(12-32-22)10-20(29)25-11-14-4-5-15(23)9-18(14)24/h2-7,9,12H,8,10-11H2,1H3,(H,25,29). The number of hydrogen-bond donors (Lipinski definition) is 1. The van der Waals surface area contributed by atoms with Gasteiger partial charge in [-0.2, -0.15) is 10.1 Å². The summed E-state index contributed by atoms with van der Waals surface area (Å²) in [7, 11) is 1.60. The summed E-state index contributed by atoms with van der Waals surface area (Å²) in [6.07, 6.45) is 0.417. The third-order valence-electron chi connectivity index (χ3n) is 4.78. The lowest BCUT2D eigenvalue weighted by molar-refractivity contribution is -0.120. The summed E-state index contributed by atoms with van der Waals surface area (Å²) in [5, 5.41) is 10.1. The quantitative estimate of drug-likeness (QED) is 0.426. The predicted octanol–water partition coefficient (Wildman–Crippen LogP) is 3.92. The van der Waals surface area contributed by atoms with Crippen molar-refractivity contribution in [3.05, 3.63) is 90.8 Å². The molecule has 2 heterocycles. The van der Waals surface area contributed by atoms with Crippen LogP contribution in [-0.4, -0.2) is 27.6 Å². The summed E-state index contributed by atoms with van der Waals surface area (Å²) >= 11 is 13.3. The van der Waals surface area contributed by atoms with Gasteiger partial charge in [0.15, 0.2) is 0 Å². The summed E-state index contributed by atoms with van der Waals surface area (Å²) < 4.78 is 6.71. The molecule has 0 aliphatic carbocycles. The Kier molecular flexibility index (Phi) is 6.74. The molecule has 4 aromatic rings. The Morgan fingerprint density at radius 2 is 1.97 bits per heavy atom. The first-order valence-electron chi connectivity index (χ1n) is 9.63. The Morgan fingerprint density at radius 1 is 1.19 bits per heavy atom. The highest BCUT2D eigenvalue weighted by molar-refractivity contribution is 7.15. The van der Waals surface area contributed by atoms with E-state index in [2.05, 4.69) is 15.4 Å². The van der Waals surface area contributed by atoms with Crippen LogP contribution in [0, 0.1) is 0 Å². The molecular weight excluding hydrogens is 471 g/mol. The van der Waals surface area contributed by atoms with E-state index in [1.807, 2.05) is 24.3 Å². The van der Waals surface area contributed by atoms with Gasteiger partial charge >= 0.3 is 0 Å². The minimum Gasteiger partial charge on any atom is -0.497 e. The zero-order valence-electron chi connectivity index (χ0n) is 17.0. The van der Waals surface area contributed by atoms with Crippen LogP contribution in [0.15, 0.2) is 52.6 Å². The molecule has 2 aromatic heterocycles. The fourth-order valence-corrected chi connectivity index (χ4v) is 4.38. The molecule has 0 radical (unpaired) electrons. The van der Waals surface area contributed by atoms with Crippen LogP contribution in [0.5, 0.6) is 5.75 Å². The normalized spacial score (nSPS) is 11.0. The van der Waals surface area contributed by atoms with Gasteiger partial charge in [0.25, 0.3) is 5.56 Å². The molecular formula is C22H18Cl2N4O3S. The van der Waals surface area contributed by atoms with Crippen molar-refractivity contribution in [1.82, 2.24) is 19.9 Å². The number of ether oxygens (including phenoxy) is 1. The van der Waals surface area contributed by atoms with Crippen LogP contribution in [0.25, 0.3) is 4.96 Å². The second kappa shape index (κ2) is 9.68. The number of nitrogens with zero attached hydrogens (tertiary/aromatic N) is 3. The summed E-state index contributed by atoms with van der Waals surface area (Å²) in [4.78, 5) is 29.5. The molecule has 0 saturated carbocycles. The highest BCUT2D eigenvalue weighted by Crippen LogP contribution is 2.21. The second-order valence-corrected chi connectivity index (χ2v) is 8.68. The number of rotatable bonds is 7. The number of carbonyl (C=O) groups is 1. The lowest BCUT2D eigenvalue weighted by Gasteiger charge is -2.08. The Balaban J connectivity index is 1.49. The van der Waals surface area contributed by atoms with Crippen molar-refractivity contribution in [2.24, 2.45) is 0 Å². The van der Waals surface area contributed by atoms with Gasteiger partial charge in [-0.25, -0.2) is 4.52 Å². The third-order valence-corrected chi connectivity index (χ3v) is 6.23. The lowest BCUT2D eigenvalue weighted by Crippen LogP contribution is -2.26. The Hall–Kier alpha value is -2.94. The maximum absolute atomic E-state index is 12.5. The number of fused-ring (bicyclic) bond motifs is 1. The molecule has 0 aliphatic rings. The van der Waals surface area contributed by atoms with Crippen LogP contribution in [0.4, 0.5) is 0 Å². The van der Waals surface area contributed by atoms with E-state index in [1.165, 1.54) is 11.3 Å². The third kappa shape index (κ3) is 5.09. The number of thiazole rings is 1. The van der Waals surface area contributed by atoms with Crippen LogP contribution >= 0.6 is 34.5 Å². The van der Waals surface area contributed by atoms with Gasteiger partial charge in [0.2, 0.25) is 10.9 Å². The number of halogens is 2. The Labute approximate surface area is 197 Å². The smallest absolute Gasteiger partial charge is 0.296 e. The molecule has 0 spiro atoms. The molecule has 1 amide bonds. The van der Waals surface area contributed by atoms with Crippen molar-refractivity contribution in [1.29, 1.82) is 0 Å². The van der Waals surface area contributed by atoms with Crippen molar-refractivity contribution in [3.63, 3.8) is 0 Å². The SMILES string of the molecule is COc1ccc(Cc2nn3c(CC(=O)NCc4ccc(Cl)cc4Cl)csc3nc2=O)cc1. The van der Waals surface area contributed by atoms with E-state index in [-0.39, 0.29) is 24.4 Å². The van der Waals surface area contributed by atoms with Gasteiger partial charge < -0.3 is 10.1 Å². The molecule has 1 N–H and O–H groups in total. The number of methoxy groups -OCH3 is 1. The van der Waals surface area contributed by atoms with Gasteiger partial charge in [-0.3, -0.25) is 9.59 Å². The zero-order chi connectivity index (χ0) is 22.7. The molecule has 0 saturated heterocycles. The maximum atomic E-state index is 12.5. The van der Waals surface area contributed by atoms with E-state index in [1.54, 1.807) is 35.2 Å². The van der Waals surface area contributed by atoms with Gasteiger partial charge in [0.05, 0.1) is 19.2 Å². The molecule has 0 fully saturated rings. The lowest BCUT2D eigenvalue weighted by atomic mass is 10.1. The number of aromatic nitrogens is 3. The number of carbonyl (C=O) groups excluding carboxylic acids is 1. The summed E-state index contributed by atoms with van der Waals surface area (Å²) in [5.41, 5.74) is 2.25. The van der Waals surface area contributed by atoms with Crippen LogP contribution < -0.4 is 15.6 Å². The highest BCUT2D eigenvalue weighted by Gasteiger charge is 2.14. The second-order valence-electron chi connectivity index (χ2n) is 7.00. The minimum absolute atomic E-state index is 0.0880. The first-order chi connectivity index (χ1) is 15.4. The van der Waals surface area contributed by atoms with Crippen LogP contribution in [-0.2, 0) is 24.2 Å². The van der Waals surface area contributed by atoms with E-state index in [0.717, 1.165) is 16.9 Å². The average Bonchev–Trinajstić information content (AvgIpc) is 3.15. The van der Waals surface area contributed by atoms with E-state index >= 15 is 0 Å². The molecule has 164 valence electrons. The fraction of sp³-hybridized carbons (Fsp3) is 0.182. The molecule has 0 unspecified atom stereocenters. The zero-order valence-corrected chi connectivity index (χ0v) is 19.3. The number of amides is 1. The van der Waals surface area contributed by atoms with E-state index in [4.69, 9.17) is 27.9 Å². The van der Waals surface area contributed by atoms with E-state index in [0.29, 0.717) is 32.8 Å². The Bertz CT molecular complexity index is 1340. The maximum Gasteiger partial charge on any atom is 0.296 e. The number of nitrogens with one attached hydrogen (secondary N) is 1. The molecule has 7 nitrogen and oxygen atoms in total. The van der Waals surface area contributed by atoms with Crippen molar-refractivity contribution in [2.75, 3.05) is 7.11 Å².